The zero-order valence-electron chi connectivity index (χ0n) is 12.1. The van der Waals surface area contributed by atoms with Crippen LogP contribution in [0.5, 0.6) is 0 Å². The van der Waals surface area contributed by atoms with Crippen molar-refractivity contribution >= 4 is 32.8 Å². The second-order valence-corrected chi connectivity index (χ2v) is 6.20. The van der Waals surface area contributed by atoms with Gasteiger partial charge in [0, 0.05) is 22.6 Å². The smallest absolute Gasteiger partial charge is 0.416 e. The summed E-state index contributed by atoms with van der Waals surface area (Å²) < 4.78 is 40.8. The van der Waals surface area contributed by atoms with E-state index in [1.54, 1.807) is 35.0 Å². The van der Waals surface area contributed by atoms with Crippen molar-refractivity contribution in [3.05, 3.63) is 69.8 Å². The Hall–Kier alpha value is -2.28. The average Bonchev–Trinajstić information content (AvgIpc) is 2.90. The Morgan fingerprint density at radius 1 is 1.17 bits per heavy atom. The molecule has 0 spiro atoms. The number of fused-ring (bicyclic) bond motifs is 1. The number of aromatic carboxylic acids is 1. The van der Waals surface area contributed by atoms with E-state index >= 15 is 0 Å². The standard InChI is InChI=1S/C17H11BrF3NO2/c18-14-8-13(17(19,20)21)7-11-4-5-22(15(11)14)9-10-2-1-3-12(6-10)16(23)24/h1-8H,9H2,(H,23,24). The van der Waals surface area contributed by atoms with Gasteiger partial charge in [-0.05, 0) is 51.8 Å². The maximum Gasteiger partial charge on any atom is 0.416 e. The van der Waals surface area contributed by atoms with E-state index in [4.69, 9.17) is 5.11 Å². The fourth-order valence-corrected chi connectivity index (χ4v) is 3.29. The molecule has 1 aromatic heterocycles. The van der Waals surface area contributed by atoms with Crippen molar-refractivity contribution in [1.82, 2.24) is 4.57 Å². The number of hydrogen-bond acceptors (Lipinski definition) is 1. The molecule has 0 bridgehead atoms. The van der Waals surface area contributed by atoms with Crippen molar-refractivity contribution in [2.24, 2.45) is 0 Å². The molecule has 0 saturated heterocycles. The summed E-state index contributed by atoms with van der Waals surface area (Å²) in [5, 5.41) is 9.50. The first-order valence-corrected chi connectivity index (χ1v) is 7.73. The molecule has 3 rings (SSSR count). The molecular weight excluding hydrogens is 387 g/mol. The number of carboxylic acids is 1. The Labute approximate surface area is 143 Å². The Morgan fingerprint density at radius 3 is 2.58 bits per heavy atom. The fraction of sp³-hybridized carbons (Fsp3) is 0.118. The minimum atomic E-state index is -4.41. The summed E-state index contributed by atoms with van der Waals surface area (Å²) in [6.07, 6.45) is -2.72. The van der Waals surface area contributed by atoms with Gasteiger partial charge in [-0.15, -0.1) is 0 Å². The van der Waals surface area contributed by atoms with Crippen LogP contribution in [0.4, 0.5) is 13.2 Å². The van der Waals surface area contributed by atoms with Gasteiger partial charge < -0.3 is 9.67 Å². The first-order valence-electron chi connectivity index (χ1n) is 6.93. The summed E-state index contributed by atoms with van der Waals surface area (Å²) in [6, 6.07) is 10.2. The predicted octanol–water partition coefficient (Wildman–Crippen LogP) is 5.17. The van der Waals surface area contributed by atoms with E-state index in [9.17, 15) is 18.0 Å². The van der Waals surface area contributed by atoms with Crippen molar-refractivity contribution in [3.8, 4) is 0 Å². The summed E-state index contributed by atoms with van der Waals surface area (Å²) in [5.74, 6) is -1.02. The maximum absolute atomic E-state index is 12.9. The highest BCUT2D eigenvalue weighted by Crippen LogP contribution is 2.35. The molecule has 0 radical (unpaired) electrons. The lowest BCUT2D eigenvalue weighted by molar-refractivity contribution is -0.137. The van der Waals surface area contributed by atoms with Crippen LogP contribution in [-0.4, -0.2) is 15.6 Å². The van der Waals surface area contributed by atoms with Crippen LogP contribution in [0.2, 0.25) is 0 Å². The Kier molecular flexibility index (Phi) is 4.13. The molecule has 0 aliphatic rings. The van der Waals surface area contributed by atoms with Crippen LogP contribution in [-0.2, 0) is 12.7 Å². The van der Waals surface area contributed by atoms with Crippen LogP contribution < -0.4 is 0 Å². The number of halogens is 4. The van der Waals surface area contributed by atoms with E-state index in [2.05, 4.69) is 15.9 Å². The Bertz CT molecular complexity index is 931. The van der Waals surface area contributed by atoms with E-state index in [1.165, 1.54) is 6.07 Å². The second kappa shape index (κ2) is 5.98. The van der Waals surface area contributed by atoms with Crippen molar-refractivity contribution in [2.45, 2.75) is 12.7 Å². The molecule has 3 nitrogen and oxygen atoms in total. The van der Waals surface area contributed by atoms with Crippen molar-refractivity contribution in [1.29, 1.82) is 0 Å². The maximum atomic E-state index is 12.9. The minimum absolute atomic E-state index is 0.169. The van der Waals surface area contributed by atoms with Crippen LogP contribution in [0, 0.1) is 0 Å². The zero-order chi connectivity index (χ0) is 17.5. The van der Waals surface area contributed by atoms with Gasteiger partial charge in [0.15, 0.2) is 0 Å². The SMILES string of the molecule is O=C(O)c1cccc(Cn2ccc3cc(C(F)(F)F)cc(Br)c32)c1. The van der Waals surface area contributed by atoms with Gasteiger partial charge in [0.2, 0.25) is 0 Å². The lowest BCUT2D eigenvalue weighted by atomic mass is 10.1. The Morgan fingerprint density at radius 2 is 1.92 bits per heavy atom. The molecule has 0 atom stereocenters. The largest absolute Gasteiger partial charge is 0.478 e. The van der Waals surface area contributed by atoms with Gasteiger partial charge in [0.25, 0.3) is 0 Å². The summed E-state index contributed by atoms with van der Waals surface area (Å²) in [5.41, 5.74) is 0.831. The van der Waals surface area contributed by atoms with E-state index in [0.29, 0.717) is 21.9 Å². The number of aromatic nitrogens is 1. The number of rotatable bonds is 3. The molecule has 0 amide bonds. The first kappa shape index (κ1) is 16.6. The van der Waals surface area contributed by atoms with Crippen LogP contribution in [0.3, 0.4) is 0 Å². The average molecular weight is 398 g/mol. The molecule has 0 unspecified atom stereocenters. The summed E-state index contributed by atoms with van der Waals surface area (Å²) >= 11 is 3.21. The lowest BCUT2D eigenvalue weighted by Gasteiger charge is -2.11. The number of alkyl halides is 3. The second-order valence-electron chi connectivity index (χ2n) is 5.34. The highest BCUT2D eigenvalue weighted by atomic mass is 79.9. The summed E-state index contributed by atoms with van der Waals surface area (Å²) in [4.78, 5) is 11.0. The molecule has 24 heavy (non-hydrogen) atoms. The van der Waals surface area contributed by atoms with Crippen molar-refractivity contribution in [2.75, 3.05) is 0 Å². The van der Waals surface area contributed by atoms with Gasteiger partial charge in [-0.3, -0.25) is 0 Å². The third-order valence-electron chi connectivity index (χ3n) is 3.67. The number of benzene rings is 2. The van der Waals surface area contributed by atoms with Crippen LogP contribution in [0.15, 0.2) is 53.1 Å². The third kappa shape index (κ3) is 3.17. The van der Waals surface area contributed by atoms with Gasteiger partial charge in [-0.25, -0.2) is 4.79 Å². The molecule has 3 aromatic rings. The highest BCUT2D eigenvalue weighted by Gasteiger charge is 2.31. The van der Waals surface area contributed by atoms with E-state index in [1.807, 2.05) is 0 Å². The summed E-state index contributed by atoms with van der Waals surface area (Å²) in [7, 11) is 0. The minimum Gasteiger partial charge on any atom is -0.478 e. The van der Waals surface area contributed by atoms with Gasteiger partial charge >= 0.3 is 12.1 Å². The molecule has 124 valence electrons. The molecule has 7 heteroatoms. The third-order valence-corrected chi connectivity index (χ3v) is 4.27. The van der Waals surface area contributed by atoms with Gasteiger partial charge in [-0.1, -0.05) is 12.1 Å². The van der Waals surface area contributed by atoms with E-state index in [-0.39, 0.29) is 5.56 Å². The molecule has 1 N–H and O–H groups in total. The molecule has 0 saturated carbocycles. The number of carbonyl (C=O) groups is 1. The molecule has 0 aliphatic carbocycles. The first-order chi connectivity index (χ1) is 11.3. The molecule has 2 aromatic carbocycles. The fourth-order valence-electron chi connectivity index (χ4n) is 2.59. The normalized spacial score (nSPS) is 11.8. The van der Waals surface area contributed by atoms with E-state index in [0.717, 1.165) is 17.7 Å². The van der Waals surface area contributed by atoms with Crippen LogP contribution in [0.25, 0.3) is 10.9 Å². The van der Waals surface area contributed by atoms with Crippen LogP contribution >= 0.6 is 15.9 Å². The molecule has 1 heterocycles. The number of hydrogen-bond donors (Lipinski definition) is 1. The van der Waals surface area contributed by atoms with Crippen molar-refractivity contribution < 1.29 is 23.1 Å². The van der Waals surface area contributed by atoms with Crippen molar-refractivity contribution in [3.63, 3.8) is 0 Å². The topological polar surface area (TPSA) is 42.2 Å². The molecule has 0 aliphatic heterocycles. The summed E-state index contributed by atoms with van der Waals surface area (Å²) in [6.45, 7) is 0.356. The van der Waals surface area contributed by atoms with Gasteiger partial charge in [-0.2, -0.15) is 13.2 Å². The zero-order valence-corrected chi connectivity index (χ0v) is 13.7. The van der Waals surface area contributed by atoms with Gasteiger partial charge in [0.1, 0.15) is 0 Å². The quantitative estimate of drug-likeness (QED) is 0.662. The van der Waals surface area contributed by atoms with E-state index < -0.39 is 17.7 Å². The monoisotopic (exact) mass is 397 g/mol. The van der Waals surface area contributed by atoms with Crippen LogP contribution in [0.1, 0.15) is 21.5 Å². The number of nitrogens with zero attached hydrogens (tertiary/aromatic N) is 1. The lowest BCUT2D eigenvalue weighted by Crippen LogP contribution is -2.05. The molecule has 0 fully saturated rings. The Balaban J connectivity index is 2.02. The molecular formula is C17H11BrF3NO2. The van der Waals surface area contributed by atoms with Gasteiger partial charge in [0.05, 0.1) is 16.6 Å². The number of carboxylic acid groups (broad SMARTS) is 1. The highest BCUT2D eigenvalue weighted by molar-refractivity contribution is 9.10. The predicted molar refractivity (Wildman–Crippen MR) is 87.1 cm³/mol.